The summed E-state index contributed by atoms with van der Waals surface area (Å²) in [7, 11) is -2.16. The fraction of sp³-hybridized carbons (Fsp3) is 0.444. The van der Waals surface area contributed by atoms with E-state index in [4.69, 9.17) is 5.26 Å². The van der Waals surface area contributed by atoms with E-state index in [2.05, 4.69) is 15.9 Å². The molecule has 88 valence electrons. The second-order valence-corrected chi connectivity index (χ2v) is 7.90. The van der Waals surface area contributed by atoms with E-state index in [0.717, 1.165) is 8.09 Å². The molecular weight excluding hydrogens is 312 g/mol. The largest absolute Gasteiger partial charge is 0.245 e. The minimum absolute atomic E-state index is 0.258. The highest BCUT2D eigenvalue weighted by Gasteiger charge is 2.28. The molecule has 7 heteroatoms. The normalized spacial score (nSPS) is 13.8. The zero-order valence-corrected chi connectivity index (χ0v) is 12.3. The first kappa shape index (κ1) is 13.6. The zero-order valence-electron chi connectivity index (χ0n) is 9.06. The molecule has 0 saturated heterocycles. The maximum Gasteiger partial charge on any atom is 0.245 e. The molecule has 0 amide bonds. The average molecular weight is 323 g/mol. The van der Waals surface area contributed by atoms with Gasteiger partial charge in [0, 0.05) is 11.9 Å². The van der Waals surface area contributed by atoms with Gasteiger partial charge in [-0.3, -0.25) is 0 Å². The van der Waals surface area contributed by atoms with Gasteiger partial charge in [0.2, 0.25) is 10.0 Å². The number of hydrogen-bond donors (Lipinski definition) is 0. The Morgan fingerprint density at radius 3 is 2.56 bits per heavy atom. The number of rotatable bonds is 3. The molecule has 1 unspecified atom stereocenters. The fourth-order valence-electron chi connectivity index (χ4n) is 1.13. The number of thiophene rings is 1. The van der Waals surface area contributed by atoms with Crippen LogP contribution in [-0.4, -0.2) is 25.8 Å². The van der Waals surface area contributed by atoms with Crippen molar-refractivity contribution >= 4 is 37.3 Å². The quantitative estimate of drug-likeness (QED) is 0.858. The van der Waals surface area contributed by atoms with Gasteiger partial charge in [-0.25, -0.2) is 8.42 Å². The first-order valence-electron chi connectivity index (χ1n) is 4.44. The minimum Gasteiger partial charge on any atom is -0.207 e. The molecule has 1 aromatic heterocycles. The summed E-state index contributed by atoms with van der Waals surface area (Å²) < 4.78 is 26.1. The molecule has 0 fully saturated rings. The smallest absolute Gasteiger partial charge is 0.207 e. The van der Waals surface area contributed by atoms with Crippen LogP contribution in [0.4, 0.5) is 0 Å². The van der Waals surface area contributed by atoms with E-state index in [1.165, 1.54) is 18.4 Å². The van der Waals surface area contributed by atoms with Gasteiger partial charge in [-0.05, 0) is 35.8 Å². The van der Waals surface area contributed by atoms with Crippen LogP contribution in [0.25, 0.3) is 0 Å². The van der Waals surface area contributed by atoms with E-state index in [1.54, 1.807) is 19.9 Å². The van der Waals surface area contributed by atoms with E-state index in [9.17, 15) is 8.42 Å². The number of hydrogen-bond acceptors (Lipinski definition) is 4. The molecule has 0 aromatic carbocycles. The van der Waals surface area contributed by atoms with Crippen molar-refractivity contribution in [3.05, 3.63) is 14.7 Å². The molecule has 1 atom stereocenters. The summed E-state index contributed by atoms with van der Waals surface area (Å²) >= 11 is 4.61. The Bertz CT molecular complexity index is 530. The predicted octanol–water partition coefficient (Wildman–Crippen LogP) is 2.35. The SMILES string of the molecule is Cc1sc(Br)cc1S(=O)(=O)N(C)C(C)C#N. The third-order valence-corrected chi connectivity index (χ3v) is 5.97. The molecule has 16 heavy (non-hydrogen) atoms. The van der Waals surface area contributed by atoms with E-state index in [1.807, 2.05) is 6.07 Å². The Hall–Kier alpha value is -0.420. The molecule has 4 nitrogen and oxygen atoms in total. The van der Waals surface area contributed by atoms with E-state index in [0.29, 0.717) is 4.88 Å². The van der Waals surface area contributed by atoms with Crippen LogP contribution < -0.4 is 0 Å². The van der Waals surface area contributed by atoms with Crippen molar-refractivity contribution < 1.29 is 8.42 Å². The third kappa shape index (κ3) is 2.46. The summed E-state index contributed by atoms with van der Waals surface area (Å²) in [6, 6.07) is 2.79. The van der Waals surface area contributed by atoms with Crippen LogP contribution >= 0.6 is 27.3 Å². The lowest BCUT2D eigenvalue weighted by molar-refractivity contribution is 0.442. The second-order valence-electron chi connectivity index (χ2n) is 3.30. The zero-order chi connectivity index (χ0) is 12.5. The van der Waals surface area contributed by atoms with E-state index < -0.39 is 16.1 Å². The van der Waals surface area contributed by atoms with E-state index in [-0.39, 0.29) is 4.90 Å². The third-order valence-electron chi connectivity index (χ3n) is 2.23. The highest BCUT2D eigenvalue weighted by molar-refractivity contribution is 9.11. The molecule has 0 N–H and O–H groups in total. The molecule has 1 rings (SSSR count). The number of aryl methyl sites for hydroxylation is 1. The van der Waals surface area contributed by atoms with Crippen LogP contribution in [0.2, 0.25) is 0 Å². The van der Waals surface area contributed by atoms with Gasteiger partial charge in [-0.15, -0.1) is 11.3 Å². The molecule has 0 saturated carbocycles. The topological polar surface area (TPSA) is 61.2 Å². The Morgan fingerprint density at radius 2 is 2.19 bits per heavy atom. The van der Waals surface area contributed by atoms with Crippen molar-refractivity contribution in [3.63, 3.8) is 0 Å². The molecule has 0 bridgehead atoms. The first-order valence-corrected chi connectivity index (χ1v) is 7.49. The maximum atomic E-state index is 12.1. The van der Waals surface area contributed by atoms with Crippen molar-refractivity contribution in [2.75, 3.05) is 7.05 Å². The van der Waals surface area contributed by atoms with Crippen LogP contribution in [0, 0.1) is 18.3 Å². The lowest BCUT2D eigenvalue weighted by Crippen LogP contribution is -2.34. The molecule has 1 aromatic rings. The number of nitriles is 1. The molecule has 0 radical (unpaired) electrons. The van der Waals surface area contributed by atoms with Crippen molar-refractivity contribution in [1.29, 1.82) is 5.26 Å². The van der Waals surface area contributed by atoms with Gasteiger partial charge in [-0.1, -0.05) is 0 Å². The predicted molar refractivity (Wildman–Crippen MR) is 66.8 cm³/mol. The molecule has 0 aliphatic carbocycles. The molecule has 0 spiro atoms. The Morgan fingerprint density at radius 1 is 1.62 bits per heavy atom. The summed E-state index contributed by atoms with van der Waals surface area (Å²) in [5.41, 5.74) is 0. The summed E-state index contributed by atoms with van der Waals surface area (Å²) in [5.74, 6) is 0. The monoisotopic (exact) mass is 322 g/mol. The molecule has 0 aliphatic heterocycles. The van der Waals surface area contributed by atoms with Crippen molar-refractivity contribution in [2.24, 2.45) is 0 Å². The van der Waals surface area contributed by atoms with E-state index >= 15 is 0 Å². The summed E-state index contributed by atoms with van der Waals surface area (Å²) in [5, 5.41) is 8.73. The standard InChI is InChI=1S/C9H11BrN2O2S2/c1-6(5-11)12(3)16(13,14)8-4-9(10)15-7(8)2/h4,6H,1-3H3. The van der Waals surface area contributed by atoms with Gasteiger partial charge in [0.25, 0.3) is 0 Å². The van der Waals surface area contributed by atoms with Crippen molar-refractivity contribution in [2.45, 2.75) is 24.8 Å². The maximum absolute atomic E-state index is 12.1. The molecular formula is C9H11BrN2O2S2. The Balaban J connectivity index is 3.23. The molecule has 0 aliphatic rings. The van der Waals surface area contributed by atoms with Crippen LogP contribution in [0.3, 0.4) is 0 Å². The highest BCUT2D eigenvalue weighted by Crippen LogP contribution is 2.31. The number of halogens is 1. The van der Waals surface area contributed by atoms with Gasteiger partial charge in [-0.2, -0.15) is 9.57 Å². The van der Waals surface area contributed by atoms with Gasteiger partial charge < -0.3 is 0 Å². The summed E-state index contributed by atoms with van der Waals surface area (Å²) in [6.07, 6.45) is 0. The number of sulfonamides is 1. The Labute approximate surface area is 108 Å². The Kier molecular flexibility index (Phi) is 4.12. The van der Waals surface area contributed by atoms with Gasteiger partial charge in [0.15, 0.2) is 0 Å². The molecule has 1 heterocycles. The summed E-state index contributed by atoms with van der Waals surface area (Å²) in [6.45, 7) is 3.29. The lowest BCUT2D eigenvalue weighted by Gasteiger charge is -2.18. The minimum atomic E-state index is -3.57. The van der Waals surface area contributed by atoms with Gasteiger partial charge in [0.1, 0.15) is 6.04 Å². The van der Waals surface area contributed by atoms with Gasteiger partial charge >= 0.3 is 0 Å². The highest BCUT2D eigenvalue weighted by atomic mass is 79.9. The van der Waals surface area contributed by atoms with Crippen LogP contribution in [0.1, 0.15) is 11.8 Å². The van der Waals surface area contributed by atoms with Gasteiger partial charge in [0.05, 0.1) is 14.8 Å². The number of nitrogens with zero attached hydrogens (tertiary/aromatic N) is 2. The average Bonchev–Trinajstić information content (AvgIpc) is 2.56. The van der Waals surface area contributed by atoms with Crippen LogP contribution in [0.15, 0.2) is 14.7 Å². The first-order chi connectivity index (χ1) is 7.30. The van der Waals surface area contributed by atoms with Crippen molar-refractivity contribution in [3.8, 4) is 6.07 Å². The van der Waals surface area contributed by atoms with Crippen LogP contribution in [0.5, 0.6) is 0 Å². The summed E-state index contributed by atoms with van der Waals surface area (Å²) in [4.78, 5) is 0.970. The van der Waals surface area contributed by atoms with Crippen molar-refractivity contribution in [1.82, 2.24) is 4.31 Å². The second kappa shape index (κ2) is 4.84. The van der Waals surface area contributed by atoms with Crippen LogP contribution in [-0.2, 0) is 10.0 Å². The fourth-order valence-corrected chi connectivity index (χ4v) is 4.79. The lowest BCUT2D eigenvalue weighted by atomic mass is 10.4.